The number of rotatable bonds is 1. The molecule has 0 aromatic carbocycles. The van der Waals surface area contributed by atoms with Crippen LogP contribution < -0.4 is 10.9 Å². The van der Waals surface area contributed by atoms with Crippen molar-refractivity contribution in [1.82, 2.24) is 10.3 Å². The Morgan fingerprint density at radius 1 is 1.36 bits per heavy atom. The van der Waals surface area contributed by atoms with Gasteiger partial charge in [0.1, 0.15) is 0 Å². The SMILES string of the molecule is Cc1cc(C2CCCCN2)cc(=O)[nH]1. The molecular formula is C11H16N2O. The molecule has 2 heterocycles. The van der Waals surface area contributed by atoms with Crippen molar-refractivity contribution >= 4 is 0 Å². The molecule has 1 aliphatic rings. The number of aryl methyl sites for hydroxylation is 1. The highest BCUT2D eigenvalue weighted by Gasteiger charge is 2.14. The van der Waals surface area contributed by atoms with Crippen LogP contribution in [0.1, 0.15) is 36.6 Å². The molecule has 3 heteroatoms. The molecule has 1 saturated heterocycles. The topological polar surface area (TPSA) is 44.9 Å². The Morgan fingerprint density at radius 2 is 2.21 bits per heavy atom. The number of nitrogens with one attached hydrogen (secondary N) is 2. The van der Waals surface area contributed by atoms with Gasteiger partial charge in [0.05, 0.1) is 0 Å². The molecule has 0 amide bonds. The third-order valence-electron chi connectivity index (χ3n) is 2.71. The van der Waals surface area contributed by atoms with E-state index in [1.807, 2.05) is 6.92 Å². The number of aromatic amines is 1. The lowest BCUT2D eigenvalue weighted by molar-refractivity contribution is 0.411. The lowest BCUT2D eigenvalue weighted by Gasteiger charge is -2.23. The van der Waals surface area contributed by atoms with Crippen molar-refractivity contribution in [3.05, 3.63) is 33.7 Å². The zero-order valence-corrected chi connectivity index (χ0v) is 8.47. The number of hydrogen-bond donors (Lipinski definition) is 2. The summed E-state index contributed by atoms with van der Waals surface area (Å²) < 4.78 is 0. The minimum absolute atomic E-state index is 0.00683. The Bertz CT molecular complexity index is 364. The Hall–Kier alpha value is -1.09. The molecule has 0 aliphatic carbocycles. The first-order valence-corrected chi connectivity index (χ1v) is 5.20. The third-order valence-corrected chi connectivity index (χ3v) is 2.71. The highest BCUT2D eigenvalue weighted by Crippen LogP contribution is 2.21. The van der Waals surface area contributed by atoms with Crippen molar-refractivity contribution in [3.63, 3.8) is 0 Å². The average molecular weight is 192 g/mol. The monoisotopic (exact) mass is 192 g/mol. The van der Waals surface area contributed by atoms with Crippen LogP contribution in [0, 0.1) is 6.92 Å². The molecule has 0 saturated carbocycles. The normalized spacial score (nSPS) is 22.2. The maximum absolute atomic E-state index is 11.3. The first kappa shape index (κ1) is 9.46. The van der Waals surface area contributed by atoms with Gasteiger partial charge in [0, 0.05) is 17.8 Å². The van der Waals surface area contributed by atoms with Crippen LogP contribution in [-0.4, -0.2) is 11.5 Å². The fourth-order valence-corrected chi connectivity index (χ4v) is 2.05. The summed E-state index contributed by atoms with van der Waals surface area (Å²) in [5.74, 6) is 0. The Balaban J connectivity index is 2.26. The molecular weight excluding hydrogens is 176 g/mol. The van der Waals surface area contributed by atoms with Gasteiger partial charge in [-0.2, -0.15) is 0 Å². The maximum Gasteiger partial charge on any atom is 0.248 e. The van der Waals surface area contributed by atoms with Crippen LogP contribution in [0.4, 0.5) is 0 Å². The second-order valence-electron chi connectivity index (χ2n) is 3.96. The summed E-state index contributed by atoms with van der Waals surface area (Å²) in [4.78, 5) is 14.0. The van der Waals surface area contributed by atoms with E-state index in [9.17, 15) is 4.79 Å². The van der Waals surface area contributed by atoms with Gasteiger partial charge in [0.2, 0.25) is 5.56 Å². The van der Waals surface area contributed by atoms with E-state index in [0.717, 1.165) is 24.2 Å². The standard InChI is InChI=1S/C11H16N2O/c1-8-6-9(7-11(14)13-8)10-4-2-3-5-12-10/h6-7,10,12H,2-5H2,1H3,(H,13,14). The quantitative estimate of drug-likeness (QED) is 0.708. The van der Waals surface area contributed by atoms with Crippen LogP contribution in [0.15, 0.2) is 16.9 Å². The number of aromatic nitrogens is 1. The minimum Gasteiger partial charge on any atom is -0.326 e. The van der Waals surface area contributed by atoms with E-state index in [1.165, 1.54) is 12.8 Å². The van der Waals surface area contributed by atoms with Gasteiger partial charge in [-0.25, -0.2) is 0 Å². The molecule has 3 nitrogen and oxygen atoms in total. The largest absolute Gasteiger partial charge is 0.326 e. The van der Waals surface area contributed by atoms with E-state index in [1.54, 1.807) is 6.07 Å². The lowest BCUT2D eigenvalue weighted by atomic mass is 9.98. The lowest BCUT2D eigenvalue weighted by Crippen LogP contribution is -2.27. The predicted molar refractivity (Wildman–Crippen MR) is 56.4 cm³/mol. The number of piperidine rings is 1. The van der Waals surface area contributed by atoms with Crippen LogP contribution in [0.3, 0.4) is 0 Å². The molecule has 2 rings (SSSR count). The second-order valence-corrected chi connectivity index (χ2v) is 3.96. The van der Waals surface area contributed by atoms with E-state index in [2.05, 4.69) is 16.4 Å². The number of H-pyrrole nitrogens is 1. The summed E-state index contributed by atoms with van der Waals surface area (Å²) in [6.07, 6.45) is 3.64. The van der Waals surface area contributed by atoms with Crippen LogP contribution in [0.5, 0.6) is 0 Å². The molecule has 1 fully saturated rings. The van der Waals surface area contributed by atoms with Crippen molar-refractivity contribution in [1.29, 1.82) is 0 Å². The summed E-state index contributed by atoms with van der Waals surface area (Å²) >= 11 is 0. The van der Waals surface area contributed by atoms with Gasteiger partial charge in [0.15, 0.2) is 0 Å². The summed E-state index contributed by atoms with van der Waals surface area (Å²) in [5.41, 5.74) is 2.08. The first-order valence-electron chi connectivity index (χ1n) is 5.20. The van der Waals surface area contributed by atoms with Gasteiger partial charge in [-0.15, -0.1) is 0 Å². The molecule has 0 radical (unpaired) electrons. The van der Waals surface area contributed by atoms with Crippen LogP contribution >= 0.6 is 0 Å². The number of pyridine rings is 1. The van der Waals surface area contributed by atoms with Crippen molar-refractivity contribution in [3.8, 4) is 0 Å². The third kappa shape index (κ3) is 2.04. The molecule has 1 unspecified atom stereocenters. The van der Waals surface area contributed by atoms with Crippen LogP contribution in [0.25, 0.3) is 0 Å². The van der Waals surface area contributed by atoms with E-state index in [4.69, 9.17) is 0 Å². The van der Waals surface area contributed by atoms with Crippen molar-refractivity contribution < 1.29 is 0 Å². The smallest absolute Gasteiger partial charge is 0.248 e. The Morgan fingerprint density at radius 3 is 2.86 bits per heavy atom. The van der Waals surface area contributed by atoms with E-state index < -0.39 is 0 Å². The first-order chi connectivity index (χ1) is 6.75. The average Bonchev–Trinajstić information content (AvgIpc) is 2.18. The van der Waals surface area contributed by atoms with E-state index in [0.29, 0.717) is 6.04 Å². The van der Waals surface area contributed by atoms with Crippen molar-refractivity contribution in [2.45, 2.75) is 32.2 Å². The fraction of sp³-hybridized carbons (Fsp3) is 0.545. The molecule has 2 N–H and O–H groups in total. The molecule has 1 aromatic heterocycles. The zero-order chi connectivity index (χ0) is 9.97. The highest BCUT2D eigenvalue weighted by molar-refractivity contribution is 5.19. The summed E-state index contributed by atoms with van der Waals surface area (Å²) in [5, 5.41) is 3.44. The van der Waals surface area contributed by atoms with Crippen LogP contribution in [0.2, 0.25) is 0 Å². The molecule has 0 spiro atoms. The van der Waals surface area contributed by atoms with Gasteiger partial charge in [-0.1, -0.05) is 6.42 Å². The molecule has 0 bridgehead atoms. The van der Waals surface area contributed by atoms with Gasteiger partial charge >= 0.3 is 0 Å². The summed E-state index contributed by atoms with van der Waals surface area (Å²) in [7, 11) is 0. The van der Waals surface area contributed by atoms with Gasteiger partial charge in [-0.05, 0) is 37.9 Å². The fourth-order valence-electron chi connectivity index (χ4n) is 2.05. The molecule has 1 atom stereocenters. The molecule has 1 aromatic rings. The molecule has 1 aliphatic heterocycles. The van der Waals surface area contributed by atoms with E-state index >= 15 is 0 Å². The van der Waals surface area contributed by atoms with Gasteiger partial charge in [0.25, 0.3) is 0 Å². The molecule has 14 heavy (non-hydrogen) atoms. The highest BCUT2D eigenvalue weighted by atomic mass is 16.1. The van der Waals surface area contributed by atoms with E-state index in [-0.39, 0.29) is 5.56 Å². The van der Waals surface area contributed by atoms with Crippen LogP contribution in [-0.2, 0) is 0 Å². The molecule has 76 valence electrons. The van der Waals surface area contributed by atoms with Crippen molar-refractivity contribution in [2.75, 3.05) is 6.54 Å². The maximum atomic E-state index is 11.3. The summed E-state index contributed by atoms with van der Waals surface area (Å²) in [6.45, 7) is 2.99. The summed E-state index contributed by atoms with van der Waals surface area (Å²) in [6, 6.07) is 4.14. The Kier molecular flexibility index (Phi) is 2.68. The predicted octanol–water partition coefficient (Wildman–Crippen LogP) is 1.50. The minimum atomic E-state index is 0.00683. The Labute approximate surface area is 83.5 Å². The second kappa shape index (κ2) is 3.96. The zero-order valence-electron chi connectivity index (χ0n) is 8.47. The van der Waals surface area contributed by atoms with Crippen molar-refractivity contribution in [2.24, 2.45) is 0 Å². The number of hydrogen-bond acceptors (Lipinski definition) is 2. The van der Waals surface area contributed by atoms with Gasteiger partial charge in [-0.3, -0.25) is 4.79 Å². The van der Waals surface area contributed by atoms with Gasteiger partial charge < -0.3 is 10.3 Å².